The van der Waals surface area contributed by atoms with Crippen LogP contribution in [0.1, 0.15) is 37.8 Å². The molecule has 0 N–H and O–H groups in total. The average Bonchev–Trinajstić information content (AvgIpc) is 3.34. The van der Waals surface area contributed by atoms with Gasteiger partial charge in [-0.1, -0.05) is 11.6 Å². The smallest absolute Gasteiger partial charge is 0.179 e. The highest BCUT2D eigenvalue weighted by atomic mass is 35.5. The van der Waals surface area contributed by atoms with Crippen LogP contribution in [0, 0.1) is 0 Å². The number of halogens is 1. The molecule has 1 saturated carbocycles. The molecule has 1 aromatic heterocycles. The van der Waals surface area contributed by atoms with Crippen molar-refractivity contribution < 1.29 is 9.47 Å². The van der Waals surface area contributed by atoms with Gasteiger partial charge in [-0.2, -0.15) is 5.10 Å². The molecule has 0 bridgehead atoms. The normalized spacial score (nSPS) is 14.1. The molecule has 0 spiro atoms. The molecule has 2 aromatic rings. The summed E-state index contributed by atoms with van der Waals surface area (Å²) in [6.45, 7) is 6.80. The van der Waals surface area contributed by atoms with Gasteiger partial charge in [0.1, 0.15) is 0 Å². The molecule has 0 radical (unpaired) electrons. The van der Waals surface area contributed by atoms with E-state index in [1.54, 1.807) is 0 Å². The van der Waals surface area contributed by atoms with Gasteiger partial charge in [0.2, 0.25) is 0 Å². The summed E-state index contributed by atoms with van der Waals surface area (Å²) in [6.07, 6.45) is 6.52. The SMILES string of the molecule is CCOc1cc(CN(Cc2cnn(C)c2)C2CC2)cc(Cl)c1OCC. The van der Waals surface area contributed by atoms with Crippen molar-refractivity contribution in [1.29, 1.82) is 0 Å². The van der Waals surface area contributed by atoms with E-state index in [1.807, 2.05) is 37.8 Å². The zero-order valence-corrected chi connectivity index (χ0v) is 15.9. The third-order valence-corrected chi connectivity index (χ3v) is 4.53. The maximum atomic E-state index is 6.45. The topological polar surface area (TPSA) is 39.5 Å². The number of nitrogens with zero attached hydrogens (tertiary/aromatic N) is 3. The fraction of sp³-hybridized carbons (Fsp3) is 0.526. The summed E-state index contributed by atoms with van der Waals surface area (Å²) in [7, 11) is 1.95. The van der Waals surface area contributed by atoms with E-state index in [4.69, 9.17) is 21.1 Å². The molecule has 0 aliphatic heterocycles. The van der Waals surface area contributed by atoms with Gasteiger partial charge in [0.25, 0.3) is 0 Å². The number of aromatic nitrogens is 2. The number of aryl methyl sites for hydroxylation is 1. The van der Waals surface area contributed by atoms with Crippen molar-refractivity contribution >= 4 is 11.6 Å². The van der Waals surface area contributed by atoms with Gasteiger partial charge in [0.05, 0.1) is 24.4 Å². The fourth-order valence-corrected chi connectivity index (χ4v) is 3.32. The van der Waals surface area contributed by atoms with E-state index in [0.29, 0.717) is 30.0 Å². The van der Waals surface area contributed by atoms with Crippen LogP contribution in [-0.4, -0.2) is 33.9 Å². The van der Waals surface area contributed by atoms with Crippen molar-refractivity contribution in [1.82, 2.24) is 14.7 Å². The minimum atomic E-state index is 0.564. The monoisotopic (exact) mass is 363 g/mol. The van der Waals surface area contributed by atoms with Gasteiger partial charge in [-0.05, 0) is 44.4 Å². The third kappa shape index (κ3) is 4.67. The lowest BCUT2D eigenvalue weighted by atomic mass is 10.1. The molecule has 25 heavy (non-hydrogen) atoms. The predicted molar refractivity (Wildman–Crippen MR) is 99.3 cm³/mol. The highest BCUT2D eigenvalue weighted by Gasteiger charge is 2.29. The van der Waals surface area contributed by atoms with Gasteiger partial charge in [0, 0.05) is 37.9 Å². The average molecular weight is 364 g/mol. The second-order valence-electron chi connectivity index (χ2n) is 6.43. The van der Waals surface area contributed by atoms with E-state index in [-0.39, 0.29) is 0 Å². The number of ether oxygens (including phenoxy) is 2. The molecular formula is C19H26ClN3O2. The Balaban J connectivity index is 1.79. The molecule has 0 unspecified atom stereocenters. The largest absolute Gasteiger partial charge is 0.490 e. The highest BCUT2D eigenvalue weighted by molar-refractivity contribution is 6.32. The Morgan fingerprint density at radius 2 is 1.88 bits per heavy atom. The van der Waals surface area contributed by atoms with Gasteiger partial charge >= 0.3 is 0 Å². The summed E-state index contributed by atoms with van der Waals surface area (Å²) in [5, 5.41) is 4.88. The maximum Gasteiger partial charge on any atom is 0.179 e. The Bertz CT molecular complexity index is 713. The van der Waals surface area contributed by atoms with Gasteiger partial charge in [-0.15, -0.1) is 0 Å². The predicted octanol–water partition coefficient (Wildman–Crippen LogP) is 4.04. The van der Waals surface area contributed by atoms with E-state index >= 15 is 0 Å². The van der Waals surface area contributed by atoms with Gasteiger partial charge in [-0.25, -0.2) is 0 Å². The Hall–Kier alpha value is -1.72. The first-order valence-corrected chi connectivity index (χ1v) is 9.28. The molecule has 3 rings (SSSR count). The number of hydrogen-bond acceptors (Lipinski definition) is 4. The molecule has 136 valence electrons. The molecule has 1 aliphatic carbocycles. The molecule has 5 nitrogen and oxygen atoms in total. The van der Waals surface area contributed by atoms with Crippen molar-refractivity contribution in [2.45, 2.75) is 45.8 Å². The van der Waals surface area contributed by atoms with Crippen LogP contribution < -0.4 is 9.47 Å². The summed E-state index contributed by atoms with van der Waals surface area (Å²) in [5.41, 5.74) is 2.38. The van der Waals surface area contributed by atoms with E-state index in [1.165, 1.54) is 18.4 Å². The summed E-state index contributed by atoms with van der Waals surface area (Å²) in [4.78, 5) is 2.48. The van der Waals surface area contributed by atoms with E-state index < -0.39 is 0 Å². The van der Waals surface area contributed by atoms with Crippen LogP contribution in [0.5, 0.6) is 11.5 Å². The second-order valence-corrected chi connectivity index (χ2v) is 6.84. The Morgan fingerprint density at radius 3 is 2.48 bits per heavy atom. The summed E-state index contributed by atoms with van der Waals surface area (Å²) < 4.78 is 13.3. The van der Waals surface area contributed by atoms with Crippen LogP contribution in [0.4, 0.5) is 0 Å². The van der Waals surface area contributed by atoms with Crippen molar-refractivity contribution in [2.75, 3.05) is 13.2 Å². The first kappa shape index (κ1) is 18.1. The van der Waals surface area contributed by atoms with Crippen molar-refractivity contribution in [3.05, 3.63) is 40.7 Å². The summed E-state index contributed by atoms with van der Waals surface area (Å²) in [6, 6.07) is 4.69. The quantitative estimate of drug-likeness (QED) is 0.674. The first-order chi connectivity index (χ1) is 12.1. The van der Waals surface area contributed by atoms with Gasteiger partial charge in [0.15, 0.2) is 11.5 Å². The van der Waals surface area contributed by atoms with E-state index in [2.05, 4.69) is 22.3 Å². The number of rotatable bonds is 9. The lowest BCUT2D eigenvalue weighted by Gasteiger charge is -2.22. The molecule has 1 aliphatic rings. The molecule has 0 amide bonds. The zero-order chi connectivity index (χ0) is 17.8. The molecule has 1 aromatic carbocycles. The lowest BCUT2D eigenvalue weighted by molar-refractivity contribution is 0.244. The maximum absolute atomic E-state index is 6.45. The Morgan fingerprint density at radius 1 is 1.16 bits per heavy atom. The third-order valence-electron chi connectivity index (χ3n) is 4.25. The molecule has 1 heterocycles. The van der Waals surface area contributed by atoms with E-state index in [9.17, 15) is 0 Å². The van der Waals surface area contributed by atoms with Crippen LogP contribution in [-0.2, 0) is 20.1 Å². The molecule has 0 atom stereocenters. The van der Waals surface area contributed by atoms with Crippen LogP contribution in [0.2, 0.25) is 5.02 Å². The number of benzene rings is 1. The Labute approximate surface area is 154 Å². The Kier molecular flexibility index (Phi) is 5.86. The lowest BCUT2D eigenvalue weighted by Crippen LogP contribution is -2.25. The van der Waals surface area contributed by atoms with Crippen molar-refractivity contribution in [3.8, 4) is 11.5 Å². The first-order valence-electron chi connectivity index (χ1n) is 8.90. The van der Waals surface area contributed by atoms with E-state index in [0.717, 1.165) is 24.4 Å². The highest BCUT2D eigenvalue weighted by Crippen LogP contribution is 2.38. The number of hydrogen-bond donors (Lipinski definition) is 0. The van der Waals surface area contributed by atoms with Crippen LogP contribution in [0.3, 0.4) is 0 Å². The molecular weight excluding hydrogens is 338 g/mol. The summed E-state index contributed by atoms with van der Waals surface area (Å²) >= 11 is 6.45. The van der Waals surface area contributed by atoms with Crippen molar-refractivity contribution in [2.24, 2.45) is 7.05 Å². The van der Waals surface area contributed by atoms with Gasteiger partial charge < -0.3 is 9.47 Å². The molecule has 6 heteroatoms. The summed E-state index contributed by atoms with van der Waals surface area (Å²) in [5.74, 6) is 1.36. The zero-order valence-electron chi connectivity index (χ0n) is 15.2. The van der Waals surface area contributed by atoms with Crippen LogP contribution in [0.15, 0.2) is 24.5 Å². The molecule has 1 fully saturated rings. The van der Waals surface area contributed by atoms with Crippen LogP contribution >= 0.6 is 11.6 Å². The minimum Gasteiger partial charge on any atom is -0.490 e. The molecule has 0 saturated heterocycles. The minimum absolute atomic E-state index is 0.564. The fourth-order valence-electron chi connectivity index (χ4n) is 3.04. The second kappa shape index (κ2) is 8.11. The van der Waals surface area contributed by atoms with Crippen molar-refractivity contribution in [3.63, 3.8) is 0 Å². The van der Waals surface area contributed by atoms with Crippen LogP contribution in [0.25, 0.3) is 0 Å². The standard InChI is InChI=1S/C19H26ClN3O2/c1-4-24-18-9-14(8-17(20)19(18)25-5-2)12-23(16-6-7-16)13-15-10-21-22(3)11-15/h8-11,16H,4-7,12-13H2,1-3H3. The van der Waals surface area contributed by atoms with Gasteiger partial charge in [-0.3, -0.25) is 9.58 Å².